The van der Waals surface area contributed by atoms with Crippen molar-refractivity contribution in [1.82, 2.24) is 4.31 Å². The van der Waals surface area contributed by atoms with Gasteiger partial charge in [0, 0.05) is 12.6 Å². The first kappa shape index (κ1) is 15.6. The predicted molar refractivity (Wildman–Crippen MR) is 82.4 cm³/mol. The fraction of sp³-hybridized carbons (Fsp3) is 0.571. The lowest BCUT2D eigenvalue weighted by molar-refractivity contribution is 0.341. The Kier molecular flexibility index (Phi) is 4.33. The quantitative estimate of drug-likeness (QED) is 0.849. The number of rotatable bonds is 5. The zero-order chi connectivity index (χ0) is 15.1. The van der Waals surface area contributed by atoms with Crippen LogP contribution in [0, 0.1) is 12.8 Å². The van der Waals surface area contributed by atoms with Gasteiger partial charge in [-0.2, -0.15) is 4.31 Å². The molecule has 0 saturated heterocycles. The fourth-order valence-corrected chi connectivity index (χ4v) is 4.39. The van der Waals surface area contributed by atoms with Crippen molar-refractivity contribution in [1.29, 1.82) is 0 Å². The Hall–Kier alpha value is -0.780. The zero-order valence-electron chi connectivity index (χ0n) is 12.1. The van der Waals surface area contributed by atoms with Crippen LogP contribution in [0.25, 0.3) is 0 Å². The third kappa shape index (κ3) is 3.10. The van der Waals surface area contributed by atoms with Gasteiger partial charge in [0.05, 0.1) is 15.6 Å². The molecule has 6 heteroatoms. The topological polar surface area (TPSA) is 63.4 Å². The smallest absolute Gasteiger partial charge is 0.243 e. The van der Waals surface area contributed by atoms with E-state index >= 15 is 0 Å². The lowest BCUT2D eigenvalue weighted by Crippen LogP contribution is -2.38. The summed E-state index contributed by atoms with van der Waals surface area (Å²) in [6.07, 6.45) is 2.22. The standard InChI is InChI=1S/C14H21ClN2O2S/c1-9(2)17(8-11-4-5-11)20(18,19)14-7-13(16)12(15)6-10(14)3/h6-7,9,11H,4-5,8,16H2,1-3H3. The largest absolute Gasteiger partial charge is 0.397 e. The van der Waals surface area contributed by atoms with Crippen molar-refractivity contribution in [2.45, 2.75) is 44.6 Å². The van der Waals surface area contributed by atoms with E-state index in [2.05, 4.69) is 0 Å². The highest BCUT2D eigenvalue weighted by atomic mass is 35.5. The Morgan fingerprint density at radius 3 is 2.50 bits per heavy atom. The summed E-state index contributed by atoms with van der Waals surface area (Å²) < 4.78 is 27.3. The maximum absolute atomic E-state index is 12.8. The van der Waals surface area contributed by atoms with Crippen molar-refractivity contribution in [3.05, 3.63) is 22.7 Å². The number of nitrogens with zero attached hydrogens (tertiary/aromatic N) is 1. The van der Waals surface area contributed by atoms with E-state index in [1.807, 2.05) is 13.8 Å². The van der Waals surface area contributed by atoms with Crippen molar-refractivity contribution < 1.29 is 8.42 Å². The molecule has 1 aromatic carbocycles. The lowest BCUT2D eigenvalue weighted by Gasteiger charge is -2.27. The number of benzene rings is 1. The van der Waals surface area contributed by atoms with Gasteiger partial charge in [-0.3, -0.25) is 0 Å². The van der Waals surface area contributed by atoms with Gasteiger partial charge in [0.15, 0.2) is 0 Å². The Bertz CT molecular complexity index is 610. The van der Waals surface area contributed by atoms with Crippen LogP contribution in [-0.2, 0) is 10.0 Å². The molecule has 0 radical (unpaired) electrons. The maximum atomic E-state index is 12.8. The number of hydrogen-bond acceptors (Lipinski definition) is 3. The Labute approximate surface area is 126 Å². The second-order valence-corrected chi connectivity index (χ2v) is 8.02. The molecule has 1 fully saturated rings. The van der Waals surface area contributed by atoms with Gasteiger partial charge in [0.25, 0.3) is 0 Å². The van der Waals surface area contributed by atoms with Crippen LogP contribution in [0.4, 0.5) is 5.69 Å². The molecule has 0 spiro atoms. The van der Waals surface area contributed by atoms with E-state index in [0.29, 0.717) is 28.7 Å². The summed E-state index contributed by atoms with van der Waals surface area (Å²) in [5.74, 6) is 0.497. The summed E-state index contributed by atoms with van der Waals surface area (Å²) in [6, 6.07) is 3.01. The molecule has 0 aliphatic heterocycles. The third-order valence-electron chi connectivity index (χ3n) is 3.59. The summed E-state index contributed by atoms with van der Waals surface area (Å²) in [6.45, 7) is 6.12. The second-order valence-electron chi connectivity index (χ2n) is 5.75. The number of halogens is 1. The number of nitrogen functional groups attached to an aromatic ring is 1. The van der Waals surface area contributed by atoms with Crippen molar-refractivity contribution in [2.24, 2.45) is 5.92 Å². The Morgan fingerprint density at radius 2 is 2.00 bits per heavy atom. The van der Waals surface area contributed by atoms with Gasteiger partial charge in [0.2, 0.25) is 10.0 Å². The number of sulfonamides is 1. The Morgan fingerprint density at radius 1 is 1.40 bits per heavy atom. The van der Waals surface area contributed by atoms with Crippen molar-refractivity contribution in [3.8, 4) is 0 Å². The first-order valence-corrected chi connectivity index (χ1v) is 8.62. The molecule has 1 aliphatic carbocycles. The molecule has 1 aromatic rings. The van der Waals surface area contributed by atoms with Crippen LogP contribution in [0.15, 0.2) is 17.0 Å². The van der Waals surface area contributed by atoms with Crippen molar-refractivity contribution in [3.63, 3.8) is 0 Å². The van der Waals surface area contributed by atoms with Gasteiger partial charge in [-0.05, 0) is 57.2 Å². The van der Waals surface area contributed by atoms with Crippen LogP contribution >= 0.6 is 11.6 Å². The molecule has 2 rings (SSSR count). The molecular formula is C14H21ClN2O2S. The van der Waals surface area contributed by atoms with E-state index in [1.54, 1.807) is 17.3 Å². The van der Waals surface area contributed by atoms with E-state index in [1.165, 1.54) is 6.07 Å². The molecular weight excluding hydrogens is 296 g/mol. The van der Waals surface area contributed by atoms with Crippen LogP contribution in [0.1, 0.15) is 32.3 Å². The van der Waals surface area contributed by atoms with Crippen LogP contribution in [0.2, 0.25) is 5.02 Å². The van der Waals surface area contributed by atoms with Crippen LogP contribution in [0.3, 0.4) is 0 Å². The first-order chi connectivity index (χ1) is 9.23. The van der Waals surface area contributed by atoms with Gasteiger partial charge in [0.1, 0.15) is 0 Å². The van der Waals surface area contributed by atoms with Gasteiger partial charge < -0.3 is 5.73 Å². The molecule has 0 aromatic heterocycles. The third-order valence-corrected chi connectivity index (χ3v) is 6.10. The number of anilines is 1. The SMILES string of the molecule is Cc1cc(Cl)c(N)cc1S(=O)(=O)N(CC1CC1)C(C)C. The Balaban J connectivity index is 2.44. The summed E-state index contributed by atoms with van der Waals surface area (Å²) in [4.78, 5) is 0.258. The monoisotopic (exact) mass is 316 g/mol. The summed E-state index contributed by atoms with van der Waals surface area (Å²) in [7, 11) is -3.53. The molecule has 0 heterocycles. The molecule has 112 valence electrons. The van der Waals surface area contributed by atoms with E-state index < -0.39 is 10.0 Å². The molecule has 0 unspecified atom stereocenters. The molecule has 0 amide bonds. The average Bonchev–Trinajstić information content (AvgIpc) is 3.13. The fourth-order valence-electron chi connectivity index (χ4n) is 2.21. The van der Waals surface area contributed by atoms with Crippen molar-refractivity contribution >= 4 is 27.3 Å². The van der Waals surface area contributed by atoms with Crippen molar-refractivity contribution in [2.75, 3.05) is 12.3 Å². The number of hydrogen-bond donors (Lipinski definition) is 1. The second kappa shape index (κ2) is 5.54. The van der Waals surface area contributed by atoms with Gasteiger partial charge >= 0.3 is 0 Å². The highest BCUT2D eigenvalue weighted by molar-refractivity contribution is 7.89. The molecule has 0 atom stereocenters. The van der Waals surface area contributed by atoms with Crippen LogP contribution in [0.5, 0.6) is 0 Å². The lowest BCUT2D eigenvalue weighted by atomic mass is 10.2. The van der Waals surface area contributed by atoms with E-state index in [0.717, 1.165) is 12.8 Å². The average molecular weight is 317 g/mol. The highest BCUT2D eigenvalue weighted by Crippen LogP contribution is 2.34. The summed E-state index contributed by atoms with van der Waals surface area (Å²) >= 11 is 5.94. The van der Waals surface area contributed by atoms with Crippen LogP contribution < -0.4 is 5.73 Å². The molecule has 2 N–H and O–H groups in total. The molecule has 1 aliphatic rings. The molecule has 20 heavy (non-hydrogen) atoms. The van der Waals surface area contributed by atoms with Gasteiger partial charge in [-0.1, -0.05) is 11.6 Å². The molecule has 4 nitrogen and oxygen atoms in total. The first-order valence-electron chi connectivity index (χ1n) is 6.81. The maximum Gasteiger partial charge on any atom is 0.243 e. The number of nitrogens with two attached hydrogens (primary N) is 1. The molecule has 0 bridgehead atoms. The van der Waals surface area contributed by atoms with E-state index in [-0.39, 0.29) is 10.9 Å². The van der Waals surface area contributed by atoms with E-state index in [4.69, 9.17) is 17.3 Å². The minimum absolute atomic E-state index is 0.0723. The predicted octanol–water partition coefficient (Wildman–Crippen LogP) is 3.04. The highest BCUT2D eigenvalue weighted by Gasteiger charge is 2.34. The summed E-state index contributed by atoms with van der Waals surface area (Å²) in [5.41, 5.74) is 6.69. The normalized spacial score (nSPS) is 16.1. The number of aryl methyl sites for hydroxylation is 1. The summed E-state index contributed by atoms with van der Waals surface area (Å²) in [5, 5.41) is 0.389. The van der Waals surface area contributed by atoms with Crippen LogP contribution in [-0.4, -0.2) is 25.3 Å². The minimum atomic E-state index is -3.53. The molecule has 1 saturated carbocycles. The van der Waals surface area contributed by atoms with E-state index in [9.17, 15) is 8.42 Å². The zero-order valence-corrected chi connectivity index (χ0v) is 13.6. The minimum Gasteiger partial charge on any atom is -0.397 e. The van der Waals surface area contributed by atoms with Gasteiger partial charge in [-0.25, -0.2) is 8.42 Å². The van der Waals surface area contributed by atoms with Gasteiger partial charge in [-0.15, -0.1) is 0 Å².